The van der Waals surface area contributed by atoms with Crippen LogP contribution in [0.5, 0.6) is 0 Å². The van der Waals surface area contributed by atoms with E-state index in [2.05, 4.69) is 24.0 Å². The van der Waals surface area contributed by atoms with E-state index in [1.165, 1.54) is 0 Å². The molecule has 0 amide bonds. The van der Waals surface area contributed by atoms with Crippen LogP contribution in [0.25, 0.3) is 11.4 Å². The molecule has 0 bridgehead atoms. The maximum atomic E-state index is 13.0. The SMILES string of the molecule is CC(C)c1ccc(S(=O)(=O)N2CCC(c3nc(-c4ccccc4)no3)CC2)cc1. The summed E-state index contributed by atoms with van der Waals surface area (Å²) in [6.07, 6.45) is 1.33. The summed E-state index contributed by atoms with van der Waals surface area (Å²) in [6.45, 7) is 5.08. The van der Waals surface area contributed by atoms with Gasteiger partial charge in [0.05, 0.1) is 4.90 Å². The molecule has 0 N–H and O–H groups in total. The molecular weight excluding hydrogens is 386 g/mol. The summed E-state index contributed by atoms with van der Waals surface area (Å²) in [7, 11) is -3.48. The van der Waals surface area contributed by atoms with Gasteiger partial charge in [0, 0.05) is 24.6 Å². The molecule has 0 radical (unpaired) electrons. The van der Waals surface area contributed by atoms with Crippen molar-refractivity contribution in [1.29, 1.82) is 0 Å². The highest BCUT2D eigenvalue weighted by molar-refractivity contribution is 7.89. The molecule has 2 aromatic carbocycles. The number of piperidine rings is 1. The Balaban J connectivity index is 1.43. The fraction of sp³-hybridized carbons (Fsp3) is 0.364. The number of rotatable bonds is 5. The number of hydrogen-bond donors (Lipinski definition) is 0. The third kappa shape index (κ3) is 4.11. The van der Waals surface area contributed by atoms with Gasteiger partial charge < -0.3 is 4.52 Å². The van der Waals surface area contributed by atoms with E-state index in [1.54, 1.807) is 16.4 Å². The zero-order valence-electron chi connectivity index (χ0n) is 16.7. The van der Waals surface area contributed by atoms with Crippen LogP contribution in [0.3, 0.4) is 0 Å². The minimum atomic E-state index is -3.48. The van der Waals surface area contributed by atoms with Gasteiger partial charge in [-0.2, -0.15) is 9.29 Å². The normalized spacial score (nSPS) is 16.4. The second-order valence-corrected chi connectivity index (χ2v) is 9.66. The molecule has 1 aliphatic heterocycles. The first-order valence-corrected chi connectivity index (χ1v) is 11.4. The minimum absolute atomic E-state index is 0.0785. The van der Waals surface area contributed by atoms with Gasteiger partial charge in [-0.1, -0.05) is 61.5 Å². The first-order chi connectivity index (χ1) is 13.9. The van der Waals surface area contributed by atoms with E-state index in [1.807, 2.05) is 42.5 Å². The highest BCUT2D eigenvalue weighted by Crippen LogP contribution is 2.31. The Labute approximate surface area is 171 Å². The van der Waals surface area contributed by atoms with Crippen molar-refractivity contribution in [3.8, 4) is 11.4 Å². The van der Waals surface area contributed by atoms with Gasteiger partial charge in [-0.3, -0.25) is 0 Å². The Kier molecular flexibility index (Phi) is 5.52. The lowest BCUT2D eigenvalue weighted by molar-refractivity contribution is 0.271. The summed E-state index contributed by atoms with van der Waals surface area (Å²) >= 11 is 0. The maximum absolute atomic E-state index is 13.0. The molecule has 3 aromatic rings. The van der Waals surface area contributed by atoms with Crippen LogP contribution in [0, 0.1) is 0 Å². The van der Waals surface area contributed by atoms with Gasteiger partial charge in [-0.05, 0) is 36.5 Å². The Bertz CT molecular complexity index is 1050. The number of nitrogens with zero attached hydrogens (tertiary/aromatic N) is 3. The molecule has 1 aromatic heterocycles. The molecule has 1 saturated heterocycles. The van der Waals surface area contributed by atoms with Crippen molar-refractivity contribution in [3.05, 3.63) is 66.1 Å². The lowest BCUT2D eigenvalue weighted by Gasteiger charge is -2.29. The smallest absolute Gasteiger partial charge is 0.243 e. The summed E-state index contributed by atoms with van der Waals surface area (Å²) in [5.74, 6) is 1.61. The monoisotopic (exact) mass is 411 g/mol. The largest absolute Gasteiger partial charge is 0.339 e. The Morgan fingerprint density at radius 3 is 2.28 bits per heavy atom. The van der Waals surface area contributed by atoms with Gasteiger partial charge in [0.25, 0.3) is 0 Å². The molecule has 2 heterocycles. The van der Waals surface area contributed by atoms with E-state index in [0.717, 1.165) is 11.1 Å². The van der Waals surface area contributed by atoms with Crippen LogP contribution in [0.15, 0.2) is 64.0 Å². The van der Waals surface area contributed by atoms with Crippen LogP contribution in [-0.2, 0) is 10.0 Å². The number of benzene rings is 2. The molecule has 0 spiro atoms. The first kappa shape index (κ1) is 19.8. The maximum Gasteiger partial charge on any atom is 0.243 e. The molecule has 29 heavy (non-hydrogen) atoms. The predicted molar refractivity (Wildman–Crippen MR) is 111 cm³/mol. The molecular formula is C22H25N3O3S. The third-order valence-corrected chi connectivity index (χ3v) is 7.37. The zero-order valence-corrected chi connectivity index (χ0v) is 17.5. The second kappa shape index (κ2) is 8.08. The van der Waals surface area contributed by atoms with E-state index >= 15 is 0 Å². The van der Waals surface area contributed by atoms with Gasteiger partial charge in [0.15, 0.2) is 0 Å². The van der Waals surface area contributed by atoms with Crippen LogP contribution in [0.4, 0.5) is 0 Å². The zero-order chi connectivity index (χ0) is 20.4. The van der Waals surface area contributed by atoms with Gasteiger partial charge in [0.1, 0.15) is 0 Å². The van der Waals surface area contributed by atoms with E-state index in [0.29, 0.717) is 48.5 Å². The Hall–Kier alpha value is -2.51. The molecule has 4 rings (SSSR count). The Morgan fingerprint density at radius 2 is 1.66 bits per heavy atom. The van der Waals surface area contributed by atoms with Crippen LogP contribution >= 0.6 is 0 Å². The van der Waals surface area contributed by atoms with Crippen molar-refractivity contribution in [2.24, 2.45) is 0 Å². The van der Waals surface area contributed by atoms with Crippen molar-refractivity contribution >= 4 is 10.0 Å². The third-order valence-electron chi connectivity index (χ3n) is 5.46. The van der Waals surface area contributed by atoms with E-state index in [4.69, 9.17) is 4.52 Å². The van der Waals surface area contributed by atoms with Crippen LogP contribution in [-0.4, -0.2) is 36.0 Å². The molecule has 1 fully saturated rings. The highest BCUT2D eigenvalue weighted by Gasteiger charge is 2.32. The van der Waals surface area contributed by atoms with E-state index in [9.17, 15) is 8.42 Å². The molecule has 152 valence electrons. The number of sulfonamides is 1. The molecule has 0 saturated carbocycles. The molecule has 1 aliphatic rings. The van der Waals surface area contributed by atoms with Crippen molar-refractivity contribution in [2.45, 2.75) is 43.4 Å². The number of aromatic nitrogens is 2. The average molecular weight is 412 g/mol. The van der Waals surface area contributed by atoms with Crippen LogP contribution in [0.1, 0.15) is 50.0 Å². The summed E-state index contributed by atoms with van der Waals surface area (Å²) < 4.78 is 33.0. The quantitative estimate of drug-likeness (QED) is 0.621. The Morgan fingerprint density at radius 1 is 1.00 bits per heavy atom. The van der Waals surface area contributed by atoms with Crippen LogP contribution < -0.4 is 0 Å². The van der Waals surface area contributed by atoms with E-state index < -0.39 is 10.0 Å². The topological polar surface area (TPSA) is 76.3 Å². The highest BCUT2D eigenvalue weighted by atomic mass is 32.2. The second-order valence-electron chi connectivity index (χ2n) is 7.72. The van der Waals surface area contributed by atoms with Gasteiger partial charge >= 0.3 is 0 Å². The van der Waals surface area contributed by atoms with E-state index in [-0.39, 0.29) is 5.92 Å². The van der Waals surface area contributed by atoms with Crippen molar-refractivity contribution in [1.82, 2.24) is 14.4 Å². The van der Waals surface area contributed by atoms with Gasteiger partial charge in [-0.25, -0.2) is 8.42 Å². The summed E-state index contributed by atoms with van der Waals surface area (Å²) in [4.78, 5) is 4.88. The van der Waals surface area contributed by atoms with Gasteiger partial charge in [-0.15, -0.1) is 0 Å². The lowest BCUT2D eigenvalue weighted by Crippen LogP contribution is -2.37. The molecule has 0 unspecified atom stereocenters. The van der Waals surface area contributed by atoms with Crippen molar-refractivity contribution in [3.63, 3.8) is 0 Å². The fourth-order valence-electron chi connectivity index (χ4n) is 3.62. The van der Waals surface area contributed by atoms with Crippen molar-refractivity contribution < 1.29 is 12.9 Å². The number of hydrogen-bond acceptors (Lipinski definition) is 5. The van der Waals surface area contributed by atoms with Gasteiger partial charge in [0.2, 0.25) is 21.7 Å². The average Bonchev–Trinajstić information content (AvgIpc) is 3.25. The first-order valence-electron chi connectivity index (χ1n) is 9.94. The predicted octanol–water partition coefficient (Wildman–Crippen LogP) is 4.43. The minimum Gasteiger partial charge on any atom is -0.339 e. The summed E-state index contributed by atoms with van der Waals surface area (Å²) in [5, 5.41) is 4.08. The molecule has 7 heteroatoms. The molecule has 0 atom stereocenters. The molecule has 0 aliphatic carbocycles. The van der Waals surface area contributed by atoms with Crippen LogP contribution in [0.2, 0.25) is 0 Å². The fourth-order valence-corrected chi connectivity index (χ4v) is 5.09. The van der Waals surface area contributed by atoms with Crippen molar-refractivity contribution in [2.75, 3.05) is 13.1 Å². The lowest BCUT2D eigenvalue weighted by atomic mass is 9.98. The standard InChI is InChI=1S/C22H25N3O3S/c1-16(2)17-8-10-20(11-9-17)29(26,27)25-14-12-19(13-15-25)22-23-21(24-28-22)18-6-4-3-5-7-18/h3-11,16,19H,12-15H2,1-2H3. The summed E-state index contributed by atoms with van der Waals surface area (Å²) in [6, 6.07) is 16.9. The molecule has 6 nitrogen and oxygen atoms in total. The summed E-state index contributed by atoms with van der Waals surface area (Å²) in [5.41, 5.74) is 2.04.